The minimum atomic E-state index is -0.0159. The lowest BCUT2D eigenvalue weighted by atomic mass is 9.92. The van der Waals surface area contributed by atoms with Gasteiger partial charge in [-0.15, -0.1) is 0 Å². The molecule has 2 N–H and O–H groups in total. The topological polar surface area (TPSA) is 43.8 Å². The maximum atomic E-state index is 5.98. The molecule has 0 amide bonds. The van der Waals surface area contributed by atoms with Crippen molar-refractivity contribution in [1.29, 1.82) is 0 Å². The maximum Gasteiger partial charge on any atom is 0.127 e. The van der Waals surface area contributed by atoms with Crippen molar-refractivity contribution in [2.75, 3.05) is 5.73 Å². The average molecular weight is 250 g/mol. The molecule has 1 heterocycles. The first kappa shape index (κ1) is 12.0. The van der Waals surface area contributed by atoms with Crippen molar-refractivity contribution in [2.24, 2.45) is 0 Å². The van der Waals surface area contributed by atoms with Crippen molar-refractivity contribution in [2.45, 2.75) is 26.2 Å². The van der Waals surface area contributed by atoms with E-state index >= 15 is 0 Å². The van der Waals surface area contributed by atoms with Crippen molar-refractivity contribution in [3.8, 4) is 5.69 Å². The van der Waals surface area contributed by atoms with Gasteiger partial charge in [0.15, 0.2) is 0 Å². The highest BCUT2D eigenvalue weighted by molar-refractivity contribution is 6.30. The van der Waals surface area contributed by atoms with Crippen molar-refractivity contribution in [3.05, 3.63) is 41.0 Å². The average Bonchev–Trinajstić information content (AvgIpc) is 2.60. The van der Waals surface area contributed by atoms with Gasteiger partial charge in [0.1, 0.15) is 5.82 Å². The van der Waals surface area contributed by atoms with Crippen LogP contribution in [0.25, 0.3) is 5.69 Å². The van der Waals surface area contributed by atoms with Crippen molar-refractivity contribution < 1.29 is 0 Å². The van der Waals surface area contributed by atoms with Gasteiger partial charge in [0, 0.05) is 16.5 Å². The third-order valence-corrected chi connectivity index (χ3v) is 2.79. The number of aromatic nitrogens is 2. The normalized spacial score (nSPS) is 11.8. The van der Waals surface area contributed by atoms with Crippen molar-refractivity contribution in [1.82, 2.24) is 9.78 Å². The Labute approximate surface area is 106 Å². The second kappa shape index (κ2) is 4.08. The van der Waals surface area contributed by atoms with Crippen LogP contribution in [0.5, 0.6) is 0 Å². The molecule has 0 saturated heterocycles. The Hall–Kier alpha value is -1.48. The Bertz CT molecular complexity index is 538. The fourth-order valence-corrected chi connectivity index (χ4v) is 1.76. The van der Waals surface area contributed by atoms with Gasteiger partial charge < -0.3 is 5.73 Å². The Morgan fingerprint density at radius 1 is 1.24 bits per heavy atom. The van der Waals surface area contributed by atoms with Gasteiger partial charge >= 0.3 is 0 Å². The predicted octanol–water partition coefficient (Wildman–Crippen LogP) is 3.41. The Balaban J connectivity index is 2.50. The van der Waals surface area contributed by atoms with Crippen LogP contribution in [0.3, 0.4) is 0 Å². The van der Waals surface area contributed by atoms with Crippen molar-refractivity contribution in [3.63, 3.8) is 0 Å². The number of nitrogens with two attached hydrogens (primary N) is 1. The summed E-state index contributed by atoms with van der Waals surface area (Å²) in [6.45, 7) is 6.32. The Morgan fingerprint density at radius 2 is 1.94 bits per heavy atom. The number of halogens is 1. The molecule has 2 aromatic rings. The molecular weight excluding hydrogens is 234 g/mol. The number of nitrogen functional groups attached to an aromatic ring is 1. The molecule has 0 aliphatic heterocycles. The highest BCUT2D eigenvalue weighted by atomic mass is 35.5. The number of anilines is 1. The Morgan fingerprint density at radius 3 is 2.47 bits per heavy atom. The SMILES string of the molecule is CC(C)(C)c1cc(N)n(-c2cccc(Cl)c2)n1. The van der Waals surface area contributed by atoms with Crippen LogP contribution < -0.4 is 5.73 Å². The maximum absolute atomic E-state index is 5.98. The van der Waals surface area contributed by atoms with Crippen molar-refractivity contribution >= 4 is 17.4 Å². The molecule has 1 aromatic carbocycles. The molecule has 0 atom stereocenters. The van der Waals surface area contributed by atoms with E-state index in [0.717, 1.165) is 11.4 Å². The number of nitrogens with zero attached hydrogens (tertiary/aromatic N) is 2. The smallest absolute Gasteiger partial charge is 0.127 e. The van der Waals surface area contributed by atoms with Gasteiger partial charge in [0.25, 0.3) is 0 Å². The molecule has 0 aliphatic carbocycles. The first-order chi connectivity index (χ1) is 7.88. The van der Waals surface area contributed by atoms with Gasteiger partial charge in [-0.05, 0) is 18.2 Å². The van der Waals surface area contributed by atoms with Gasteiger partial charge in [0.05, 0.1) is 11.4 Å². The molecule has 90 valence electrons. The lowest BCUT2D eigenvalue weighted by molar-refractivity contribution is 0.560. The highest BCUT2D eigenvalue weighted by Crippen LogP contribution is 2.25. The summed E-state index contributed by atoms with van der Waals surface area (Å²) in [5, 5.41) is 5.20. The second-order valence-electron chi connectivity index (χ2n) is 5.10. The van der Waals surface area contributed by atoms with Crippen LogP contribution in [-0.2, 0) is 5.41 Å². The first-order valence-corrected chi connectivity index (χ1v) is 5.88. The largest absolute Gasteiger partial charge is 0.384 e. The molecule has 2 rings (SSSR count). The van der Waals surface area contributed by atoms with E-state index in [0.29, 0.717) is 10.8 Å². The van der Waals surface area contributed by atoms with Gasteiger partial charge in [-0.1, -0.05) is 38.4 Å². The van der Waals surface area contributed by atoms with Gasteiger partial charge in [-0.2, -0.15) is 5.10 Å². The van der Waals surface area contributed by atoms with Crippen LogP contribution in [-0.4, -0.2) is 9.78 Å². The van der Waals surface area contributed by atoms with Gasteiger partial charge in [-0.3, -0.25) is 0 Å². The third-order valence-electron chi connectivity index (χ3n) is 2.56. The summed E-state index contributed by atoms with van der Waals surface area (Å²) in [6, 6.07) is 9.39. The zero-order valence-corrected chi connectivity index (χ0v) is 11.0. The van der Waals surface area contributed by atoms with Gasteiger partial charge in [0.2, 0.25) is 0 Å². The molecule has 0 bridgehead atoms. The van der Waals surface area contributed by atoms with E-state index in [1.807, 2.05) is 30.3 Å². The van der Waals surface area contributed by atoms with E-state index in [9.17, 15) is 0 Å². The predicted molar refractivity (Wildman–Crippen MR) is 71.7 cm³/mol. The van der Waals surface area contributed by atoms with E-state index in [2.05, 4.69) is 25.9 Å². The molecule has 17 heavy (non-hydrogen) atoms. The molecule has 3 nitrogen and oxygen atoms in total. The van der Waals surface area contributed by atoms with E-state index in [4.69, 9.17) is 17.3 Å². The molecule has 1 aromatic heterocycles. The molecule has 0 unspecified atom stereocenters. The van der Waals surface area contributed by atoms with Crippen LogP contribution in [0.4, 0.5) is 5.82 Å². The van der Waals surface area contributed by atoms with E-state index in [1.54, 1.807) is 4.68 Å². The number of benzene rings is 1. The summed E-state index contributed by atoms with van der Waals surface area (Å²) in [7, 11) is 0. The first-order valence-electron chi connectivity index (χ1n) is 5.50. The molecule has 0 saturated carbocycles. The zero-order chi connectivity index (χ0) is 12.6. The fourth-order valence-electron chi connectivity index (χ4n) is 1.58. The Kier molecular flexibility index (Phi) is 2.87. The molecule has 0 spiro atoms. The van der Waals surface area contributed by atoms with E-state index < -0.39 is 0 Å². The summed E-state index contributed by atoms with van der Waals surface area (Å²) in [6.07, 6.45) is 0. The monoisotopic (exact) mass is 249 g/mol. The van der Waals surface area contributed by atoms with Crippen LogP contribution in [0.15, 0.2) is 30.3 Å². The lowest BCUT2D eigenvalue weighted by Gasteiger charge is -2.14. The standard InChI is InChI=1S/C13H16ClN3/c1-13(2,3)11-8-12(15)17(16-11)10-6-4-5-9(14)7-10/h4-8H,15H2,1-3H3. The number of hydrogen-bond acceptors (Lipinski definition) is 2. The van der Waals surface area contributed by atoms with Crippen LogP contribution in [0.1, 0.15) is 26.5 Å². The molecule has 0 radical (unpaired) electrons. The van der Waals surface area contributed by atoms with Crippen LogP contribution >= 0.6 is 11.6 Å². The summed E-state index contributed by atoms with van der Waals surface area (Å²) < 4.78 is 1.71. The quantitative estimate of drug-likeness (QED) is 0.842. The molecule has 4 heteroatoms. The second-order valence-corrected chi connectivity index (χ2v) is 5.53. The third kappa shape index (κ3) is 2.44. The molecule has 0 fully saturated rings. The summed E-state index contributed by atoms with van der Waals surface area (Å²) in [4.78, 5) is 0. The van der Waals surface area contributed by atoms with Crippen LogP contribution in [0, 0.1) is 0 Å². The number of rotatable bonds is 1. The zero-order valence-electron chi connectivity index (χ0n) is 10.2. The summed E-state index contributed by atoms with van der Waals surface area (Å²) in [5.41, 5.74) is 7.81. The highest BCUT2D eigenvalue weighted by Gasteiger charge is 2.19. The number of hydrogen-bond donors (Lipinski definition) is 1. The van der Waals surface area contributed by atoms with E-state index in [-0.39, 0.29) is 5.41 Å². The molecular formula is C13H16ClN3. The van der Waals surface area contributed by atoms with E-state index in [1.165, 1.54) is 0 Å². The molecule has 0 aliphatic rings. The van der Waals surface area contributed by atoms with Crippen LogP contribution in [0.2, 0.25) is 5.02 Å². The fraction of sp³-hybridized carbons (Fsp3) is 0.308. The minimum Gasteiger partial charge on any atom is -0.384 e. The van der Waals surface area contributed by atoms with Gasteiger partial charge in [-0.25, -0.2) is 4.68 Å². The lowest BCUT2D eigenvalue weighted by Crippen LogP contribution is -2.12. The minimum absolute atomic E-state index is 0.0159. The summed E-state index contributed by atoms with van der Waals surface area (Å²) >= 11 is 5.96. The summed E-state index contributed by atoms with van der Waals surface area (Å²) in [5.74, 6) is 0.622.